The summed E-state index contributed by atoms with van der Waals surface area (Å²) in [5.74, 6) is 0.134. The lowest BCUT2D eigenvalue weighted by Crippen LogP contribution is -2.09. The number of hydrogen-bond acceptors (Lipinski definition) is 5. The molecular formula is C17H17N3O2. The molecule has 1 N–H and O–H groups in total. The van der Waals surface area contributed by atoms with Crippen LogP contribution in [0.15, 0.2) is 52.7 Å². The molecule has 22 heavy (non-hydrogen) atoms. The van der Waals surface area contributed by atoms with Crippen molar-refractivity contribution in [3.8, 4) is 6.07 Å². The predicted molar refractivity (Wildman–Crippen MR) is 83.3 cm³/mol. The molecule has 0 aliphatic carbocycles. The maximum atomic E-state index is 12.3. The summed E-state index contributed by atoms with van der Waals surface area (Å²) in [6.07, 6.45) is 1.38. The summed E-state index contributed by atoms with van der Waals surface area (Å²) >= 11 is 0. The number of carbonyl (C=O) groups excluding carboxylic acids is 1. The Morgan fingerprint density at radius 2 is 2.00 bits per heavy atom. The summed E-state index contributed by atoms with van der Waals surface area (Å²) in [4.78, 5) is 12.3. The van der Waals surface area contributed by atoms with E-state index in [4.69, 9.17) is 9.78 Å². The van der Waals surface area contributed by atoms with E-state index in [0.29, 0.717) is 5.76 Å². The van der Waals surface area contributed by atoms with Crippen molar-refractivity contribution in [2.24, 2.45) is 0 Å². The first-order valence-electron chi connectivity index (χ1n) is 6.85. The number of aromatic nitrogens is 1. The molecule has 0 fully saturated rings. The number of hydrogen-bond donors (Lipinski definition) is 1. The third-order valence-corrected chi connectivity index (χ3v) is 3.00. The van der Waals surface area contributed by atoms with E-state index in [0.717, 1.165) is 5.69 Å². The number of ketones is 1. The van der Waals surface area contributed by atoms with Crippen LogP contribution >= 0.6 is 0 Å². The molecule has 0 spiro atoms. The molecule has 1 aromatic carbocycles. The SMILES string of the molecule is CC(C)(C)c1cc(C(=O)C(C#N)=CNc2ccccc2)no1. The van der Waals surface area contributed by atoms with Crippen molar-refractivity contribution < 1.29 is 9.32 Å². The standard InChI is InChI=1S/C17H17N3O2/c1-17(2,3)15-9-14(20-22-15)16(21)12(10-18)11-19-13-7-5-4-6-8-13/h4-9,11,19H,1-3H3. The number of anilines is 1. The number of nitrogens with one attached hydrogen (secondary N) is 1. The number of allylic oxidation sites excluding steroid dienone is 1. The smallest absolute Gasteiger partial charge is 0.226 e. The predicted octanol–water partition coefficient (Wildman–Crippen LogP) is 3.67. The van der Waals surface area contributed by atoms with Gasteiger partial charge in [0.15, 0.2) is 5.69 Å². The number of para-hydroxylation sites is 1. The Bertz CT molecular complexity index is 731. The highest BCUT2D eigenvalue weighted by molar-refractivity contribution is 6.10. The van der Waals surface area contributed by atoms with Crippen LogP contribution in [-0.4, -0.2) is 10.9 Å². The molecule has 0 amide bonds. The Hall–Kier alpha value is -2.87. The summed E-state index contributed by atoms with van der Waals surface area (Å²) in [7, 11) is 0. The number of benzene rings is 1. The van der Waals surface area contributed by atoms with E-state index in [1.165, 1.54) is 6.20 Å². The first-order chi connectivity index (χ1) is 10.4. The molecule has 5 heteroatoms. The molecule has 5 nitrogen and oxygen atoms in total. The minimum absolute atomic E-state index is 0.0300. The number of carbonyl (C=O) groups is 1. The van der Waals surface area contributed by atoms with Crippen molar-refractivity contribution in [2.45, 2.75) is 26.2 Å². The summed E-state index contributed by atoms with van der Waals surface area (Å²) in [6.45, 7) is 5.87. The average molecular weight is 295 g/mol. The Kier molecular flexibility index (Phi) is 4.42. The van der Waals surface area contributed by atoms with Gasteiger partial charge in [-0.25, -0.2) is 0 Å². The molecule has 0 unspecified atom stereocenters. The maximum Gasteiger partial charge on any atom is 0.226 e. The van der Waals surface area contributed by atoms with Crippen molar-refractivity contribution in [3.05, 3.63) is 59.6 Å². The lowest BCUT2D eigenvalue weighted by Gasteiger charge is -2.12. The molecule has 2 aromatic rings. The van der Waals surface area contributed by atoms with Crippen LogP contribution < -0.4 is 5.32 Å². The fraction of sp³-hybridized carbons (Fsp3) is 0.235. The van der Waals surface area contributed by atoms with Gasteiger partial charge >= 0.3 is 0 Å². The lowest BCUT2D eigenvalue weighted by atomic mass is 9.93. The van der Waals surface area contributed by atoms with E-state index in [1.807, 2.05) is 57.2 Å². The second-order valence-corrected chi connectivity index (χ2v) is 5.84. The van der Waals surface area contributed by atoms with Crippen molar-refractivity contribution in [3.63, 3.8) is 0 Å². The molecule has 1 aromatic heterocycles. The molecule has 1 heterocycles. The van der Waals surface area contributed by atoms with Crippen molar-refractivity contribution in [1.82, 2.24) is 5.16 Å². The first-order valence-corrected chi connectivity index (χ1v) is 6.85. The number of nitriles is 1. The van der Waals surface area contributed by atoms with Gasteiger partial charge in [0.2, 0.25) is 5.78 Å². The van der Waals surface area contributed by atoms with Gasteiger partial charge in [-0.3, -0.25) is 4.79 Å². The van der Waals surface area contributed by atoms with E-state index in [2.05, 4.69) is 10.5 Å². The van der Waals surface area contributed by atoms with Crippen LogP contribution in [0, 0.1) is 11.3 Å². The average Bonchev–Trinajstić information content (AvgIpc) is 2.98. The number of Topliss-reactive ketones (excluding diaryl/α,β-unsaturated/α-hetero) is 1. The van der Waals surface area contributed by atoms with Crippen LogP contribution in [0.2, 0.25) is 0 Å². The van der Waals surface area contributed by atoms with Crippen molar-refractivity contribution in [2.75, 3.05) is 5.32 Å². The van der Waals surface area contributed by atoms with Crippen LogP contribution in [0.3, 0.4) is 0 Å². The highest BCUT2D eigenvalue weighted by Gasteiger charge is 2.23. The van der Waals surface area contributed by atoms with E-state index >= 15 is 0 Å². The molecule has 0 bridgehead atoms. The van der Waals surface area contributed by atoms with Crippen LogP contribution in [0.25, 0.3) is 0 Å². The molecule has 112 valence electrons. The van der Waals surface area contributed by atoms with Gasteiger partial charge in [-0.1, -0.05) is 44.1 Å². The minimum Gasteiger partial charge on any atom is -0.360 e. The lowest BCUT2D eigenvalue weighted by molar-refractivity contribution is 0.103. The zero-order valence-electron chi connectivity index (χ0n) is 12.8. The summed E-state index contributed by atoms with van der Waals surface area (Å²) in [6, 6.07) is 12.7. The van der Waals surface area contributed by atoms with Gasteiger partial charge in [0.1, 0.15) is 17.4 Å². The fourth-order valence-electron chi connectivity index (χ4n) is 1.71. The molecule has 0 atom stereocenters. The molecular weight excluding hydrogens is 278 g/mol. The quantitative estimate of drug-likeness (QED) is 0.529. The monoisotopic (exact) mass is 295 g/mol. The largest absolute Gasteiger partial charge is 0.360 e. The topological polar surface area (TPSA) is 78.9 Å². The van der Waals surface area contributed by atoms with Crippen LogP contribution in [0.5, 0.6) is 0 Å². The molecule has 0 aliphatic rings. The number of nitrogens with zero attached hydrogens (tertiary/aromatic N) is 2. The molecule has 2 rings (SSSR count). The summed E-state index contributed by atoms with van der Waals surface area (Å²) in [5, 5.41) is 15.8. The first kappa shape index (κ1) is 15.5. The highest BCUT2D eigenvalue weighted by atomic mass is 16.5. The summed E-state index contributed by atoms with van der Waals surface area (Å²) < 4.78 is 5.18. The third kappa shape index (κ3) is 3.61. The van der Waals surface area contributed by atoms with Crippen LogP contribution in [0.4, 0.5) is 5.69 Å². The molecule has 0 saturated carbocycles. The van der Waals surface area contributed by atoms with E-state index in [-0.39, 0.29) is 16.7 Å². The molecule has 0 saturated heterocycles. The van der Waals surface area contributed by atoms with E-state index < -0.39 is 5.78 Å². The minimum atomic E-state index is -0.467. The normalized spacial score (nSPS) is 11.8. The Labute approximate surface area is 129 Å². The Morgan fingerprint density at radius 3 is 2.55 bits per heavy atom. The van der Waals surface area contributed by atoms with Gasteiger partial charge in [-0.15, -0.1) is 0 Å². The molecule has 0 radical (unpaired) electrons. The third-order valence-electron chi connectivity index (χ3n) is 3.00. The second-order valence-electron chi connectivity index (χ2n) is 5.84. The van der Waals surface area contributed by atoms with Gasteiger partial charge < -0.3 is 9.84 Å². The fourth-order valence-corrected chi connectivity index (χ4v) is 1.71. The molecule has 0 aliphatic heterocycles. The van der Waals surface area contributed by atoms with Crippen LogP contribution in [0.1, 0.15) is 37.0 Å². The van der Waals surface area contributed by atoms with Gasteiger partial charge in [-0.05, 0) is 12.1 Å². The van der Waals surface area contributed by atoms with Gasteiger partial charge in [0.05, 0.1) is 0 Å². The van der Waals surface area contributed by atoms with E-state index in [1.54, 1.807) is 6.07 Å². The maximum absolute atomic E-state index is 12.3. The zero-order chi connectivity index (χ0) is 16.2. The van der Waals surface area contributed by atoms with Gasteiger partial charge in [0.25, 0.3) is 0 Å². The van der Waals surface area contributed by atoms with E-state index in [9.17, 15) is 4.79 Å². The van der Waals surface area contributed by atoms with Crippen LogP contribution in [-0.2, 0) is 5.41 Å². The second kappa shape index (κ2) is 6.27. The Balaban J connectivity index is 2.19. The highest BCUT2D eigenvalue weighted by Crippen LogP contribution is 2.23. The van der Waals surface area contributed by atoms with Gasteiger partial charge in [-0.2, -0.15) is 5.26 Å². The zero-order valence-corrected chi connectivity index (χ0v) is 12.8. The summed E-state index contributed by atoms with van der Waals surface area (Å²) in [5.41, 5.74) is 0.647. The van der Waals surface area contributed by atoms with Gasteiger partial charge in [0, 0.05) is 23.4 Å². The van der Waals surface area contributed by atoms with Crippen molar-refractivity contribution in [1.29, 1.82) is 5.26 Å². The van der Waals surface area contributed by atoms with Crippen molar-refractivity contribution >= 4 is 11.5 Å². The number of rotatable bonds is 4. The Morgan fingerprint density at radius 1 is 1.32 bits per heavy atom.